The van der Waals surface area contributed by atoms with Crippen LogP contribution in [0, 0.1) is 0 Å². The maximum atomic E-state index is 11.3. The van der Waals surface area contributed by atoms with Crippen molar-refractivity contribution in [3.63, 3.8) is 0 Å². The molecule has 2 fully saturated rings. The highest BCUT2D eigenvalue weighted by Gasteiger charge is 2.19. The first kappa shape index (κ1) is 14.1. The molecule has 1 aromatic carbocycles. The Balaban J connectivity index is 1.61. The first-order chi connectivity index (χ1) is 10.2. The number of carbonyl (C=O) groups excluding carboxylic acids is 1. The van der Waals surface area contributed by atoms with Crippen LogP contribution in [0.15, 0.2) is 36.7 Å². The van der Waals surface area contributed by atoms with Gasteiger partial charge in [0, 0.05) is 19.5 Å². The first-order valence-electron chi connectivity index (χ1n) is 7.75. The third kappa shape index (κ3) is 3.45. The summed E-state index contributed by atoms with van der Waals surface area (Å²) in [4.78, 5) is 13.4. The van der Waals surface area contributed by atoms with Gasteiger partial charge in [-0.1, -0.05) is 30.8 Å². The molecule has 112 valence electrons. The highest BCUT2D eigenvalue weighted by Crippen LogP contribution is 2.25. The van der Waals surface area contributed by atoms with Gasteiger partial charge in [-0.15, -0.1) is 0 Å². The third-order valence-corrected chi connectivity index (χ3v) is 4.44. The van der Waals surface area contributed by atoms with E-state index in [1.165, 1.54) is 24.0 Å². The Hall–Kier alpha value is -1.81. The van der Waals surface area contributed by atoms with Gasteiger partial charge in [0.25, 0.3) is 0 Å². The van der Waals surface area contributed by atoms with Gasteiger partial charge in [-0.05, 0) is 43.0 Å². The summed E-state index contributed by atoms with van der Waals surface area (Å²) in [6.45, 7) is 7.73. The van der Waals surface area contributed by atoms with E-state index in [1.807, 2.05) is 0 Å². The van der Waals surface area contributed by atoms with Crippen LogP contribution >= 0.6 is 0 Å². The summed E-state index contributed by atoms with van der Waals surface area (Å²) >= 11 is 0. The summed E-state index contributed by atoms with van der Waals surface area (Å²) in [6.07, 6.45) is 3.01. The van der Waals surface area contributed by atoms with Gasteiger partial charge in [0.15, 0.2) is 0 Å². The van der Waals surface area contributed by atoms with Crippen LogP contribution in [-0.2, 0) is 11.3 Å². The van der Waals surface area contributed by atoms with Gasteiger partial charge in [0.2, 0.25) is 5.91 Å². The van der Waals surface area contributed by atoms with E-state index in [2.05, 4.69) is 46.4 Å². The molecule has 0 radical (unpaired) electrons. The van der Waals surface area contributed by atoms with Gasteiger partial charge in [-0.25, -0.2) is 0 Å². The number of piperidine rings is 1. The zero-order chi connectivity index (χ0) is 14.7. The predicted molar refractivity (Wildman–Crippen MR) is 83.6 cm³/mol. The van der Waals surface area contributed by atoms with Crippen LogP contribution < -0.4 is 10.6 Å². The number of amides is 1. The molecule has 0 aromatic heterocycles. The number of hydrogen-bond donors (Lipinski definition) is 2. The largest absolute Gasteiger partial charge is 0.354 e. The van der Waals surface area contributed by atoms with E-state index in [-0.39, 0.29) is 5.91 Å². The molecule has 0 saturated carbocycles. The van der Waals surface area contributed by atoms with Crippen molar-refractivity contribution >= 4 is 5.91 Å². The maximum Gasteiger partial charge on any atom is 0.227 e. The van der Waals surface area contributed by atoms with Gasteiger partial charge >= 0.3 is 0 Å². The molecule has 0 atom stereocenters. The highest BCUT2D eigenvalue weighted by atomic mass is 16.1. The van der Waals surface area contributed by atoms with E-state index < -0.39 is 0 Å². The van der Waals surface area contributed by atoms with Gasteiger partial charge < -0.3 is 15.5 Å². The first-order valence-corrected chi connectivity index (χ1v) is 7.75. The lowest BCUT2D eigenvalue weighted by Gasteiger charge is -2.31. The number of rotatable bonds is 3. The summed E-state index contributed by atoms with van der Waals surface area (Å²) in [6, 6.07) is 8.94. The van der Waals surface area contributed by atoms with Crippen molar-refractivity contribution in [1.29, 1.82) is 0 Å². The molecule has 1 amide bonds. The van der Waals surface area contributed by atoms with Crippen molar-refractivity contribution < 1.29 is 4.79 Å². The monoisotopic (exact) mass is 285 g/mol. The van der Waals surface area contributed by atoms with Crippen molar-refractivity contribution in [1.82, 2.24) is 15.5 Å². The molecule has 0 bridgehead atoms. The molecule has 2 aliphatic heterocycles. The normalized spacial score (nSPS) is 20.5. The Morgan fingerprint density at radius 3 is 2.57 bits per heavy atom. The quantitative estimate of drug-likeness (QED) is 0.892. The average molecular weight is 285 g/mol. The Kier molecular flexibility index (Phi) is 4.25. The molecule has 1 aromatic rings. The van der Waals surface area contributed by atoms with E-state index in [0.29, 0.717) is 18.2 Å². The van der Waals surface area contributed by atoms with E-state index in [1.54, 1.807) is 0 Å². The molecule has 2 N–H and O–H groups in total. The Bertz CT molecular complexity index is 517. The predicted octanol–water partition coefficient (Wildman–Crippen LogP) is 1.95. The lowest BCUT2D eigenvalue weighted by molar-refractivity contribution is -0.122. The summed E-state index contributed by atoms with van der Waals surface area (Å²) in [5.41, 5.74) is 2.72. The molecule has 4 nitrogen and oxygen atoms in total. The number of nitrogens with one attached hydrogen (secondary N) is 2. The van der Waals surface area contributed by atoms with Crippen molar-refractivity contribution in [2.75, 3.05) is 19.6 Å². The molecule has 21 heavy (non-hydrogen) atoms. The van der Waals surface area contributed by atoms with E-state index in [9.17, 15) is 4.79 Å². The minimum atomic E-state index is 0.0671. The van der Waals surface area contributed by atoms with E-state index in [0.717, 1.165) is 26.2 Å². The van der Waals surface area contributed by atoms with Crippen LogP contribution in [-0.4, -0.2) is 30.4 Å². The van der Waals surface area contributed by atoms with Crippen LogP contribution in [0.3, 0.4) is 0 Å². The van der Waals surface area contributed by atoms with Crippen molar-refractivity contribution in [2.24, 2.45) is 0 Å². The molecule has 3 rings (SSSR count). The Morgan fingerprint density at radius 1 is 1.19 bits per heavy atom. The highest BCUT2D eigenvalue weighted by molar-refractivity contribution is 5.78. The second kappa shape index (κ2) is 6.31. The van der Waals surface area contributed by atoms with Gasteiger partial charge in [-0.3, -0.25) is 4.79 Å². The molecule has 0 spiro atoms. The van der Waals surface area contributed by atoms with Crippen LogP contribution in [0.25, 0.3) is 0 Å². The fourth-order valence-corrected chi connectivity index (χ4v) is 3.12. The maximum absolute atomic E-state index is 11.3. The molecular formula is C17H23N3O. The summed E-state index contributed by atoms with van der Waals surface area (Å²) in [5.74, 6) is 1.48. The second-order valence-corrected chi connectivity index (χ2v) is 5.93. The lowest BCUT2D eigenvalue weighted by atomic mass is 9.90. The summed E-state index contributed by atoms with van der Waals surface area (Å²) in [7, 11) is 0. The number of carbonyl (C=O) groups is 1. The number of nitrogens with zero attached hydrogens (tertiary/aromatic N) is 1. The fourth-order valence-electron chi connectivity index (χ4n) is 3.12. The van der Waals surface area contributed by atoms with E-state index >= 15 is 0 Å². The molecule has 4 heteroatoms. The van der Waals surface area contributed by atoms with Gasteiger partial charge in [0.05, 0.1) is 0 Å². The van der Waals surface area contributed by atoms with Gasteiger partial charge in [-0.2, -0.15) is 0 Å². The minimum absolute atomic E-state index is 0.0671. The Labute approximate surface area is 126 Å². The molecule has 0 aliphatic carbocycles. The Morgan fingerprint density at radius 2 is 1.90 bits per heavy atom. The SMILES string of the molecule is C=C1NC(=O)CCN1Cc1ccc(C2CCNCC2)cc1. The molecule has 2 heterocycles. The van der Waals surface area contributed by atoms with Gasteiger partial charge in [0.1, 0.15) is 5.82 Å². The number of hydrogen-bond acceptors (Lipinski definition) is 3. The zero-order valence-electron chi connectivity index (χ0n) is 12.4. The molecule has 2 saturated heterocycles. The molecular weight excluding hydrogens is 262 g/mol. The third-order valence-electron chi connectivity index (χ3n) is 4.44. The van der Waals surface area contributed by atoms with Crippen LogP contribution in [0.1, 0.15) is 36.3 Å². The summed E-state index contributed by atoms with van der Waals surface area (Å²) < 4.78 is 0. The van der Waals surface area contributed by atoms with Crippen LogP contribution in [0.5, 0.6) is 0 Å². The molecule has 2 aliphatic rings. The fraction of sp³-hybridized carbons (Fsp3) is 0.471. The zero-order valence-corrected chi connectivity index (χ0v) is 12.4. The lowest BCUT2D eigenvalue weighted by Crippen LogP contribution is -2.41. The van der Waals surface area contributed by atoms with Crippen molar-refractivity contribution in [2.45, 2.75) is 31.7 Å². The van der Waals surface area contributed by atoms with E-state index in [4.69, 9.17) is 0 Å². The van der Waals surface area contributed by atoms with Crippen molar-refractivity contribution in [3.05, 3.63) is 47.8 Å². The smallest absolute Gasteiger partial charge is 0.227 e. The minimum Gasteiger partial charge on any atom is -0.354 e. The van der Waals surface area contributed by atoms with Crippen LogP contribution in [0.4, 0.5) is 0 Å². The summed E-state index contributed by atoms with van der Waals surface area (Å²) in [5, 5.41) is 6.21. The second-order valence-electron chi connectivity index (χ2n) is 5.93. The van der Waals surface area contributed by atoms with Crippen LogP contribution in [0.2, 0.25) is 0 Å². The average Bonchev–Trinajstić information content (AvgIpc) is 2.52. The molecule has 0 unspecified atom stereocenters. The standard InChI is InChI=1S/C17H23N3O/c1-13-19-17(21)8-11-20(13)12-14-2-4-15(5-3-14)16-6-9-18-10-7-16/h2-5,16,18H,1,6-12H2,(H,19,21). The van der Waals surface area contributed by atoms with Crippen molar-refractivity contribution in [3.8, 4) is 0 Å². The number of benzene rings is 1. The topological polar surface area (TPSA) is 44.4 Å².